The van der Waals surface area contributed by atoms with Crippen LogP contribution in [-0.2, 0) is 4.79 Å². The molecule has 0 spiro atoms. The molecule has 0 N–H and O–H groups in total. The van der Waals surface area contributed by atoms with E-state index in [4.69, 9.17) is 0 Å². The van der Waals surface area contributed by atoms with E-state index in [1.54, 1.807) is 34.4 Å². The molecule has 0 aromatic heterocycles. The monoisotopic (exact) mass is 392 g/mol. The highest BCUT2D eigenvalue weighted by molar-refractivity contribution is 14.1. The van der Waals surface area contributed by atoms with Crippen LogP contribution in [0.25, 0.3) is 0 Å². The second-order valence-electron chi connectivity index (χ2n) is 4.88. The largest absolute Gasteiger partial charge is 0.366 e. The molecule has 1 aliphatic rings. The van der Waals surface area contributed by atoms with Crippen LogP contribution in [-0.4, -0.2) is 23.8 Å². The van der Waals surface area contributed by atoms with Crippen LogP contribution < -0.4 is 4.90 Å². The number of hydrogen-bond acceptors (Lipinski definition) is 4. The number of nitrogens with zero attached hydrogens (tertiary/aromatic N) is 2. The fourth-order valence-electron chi connectivity index (χ4n) is 2.45. The Morgan fingerprint density at radius 1 is 1.45 bits per heavy atom. The van der Waals surface area contributed by atoms with Gasteiger partial charge in [-0.25, -0.2) is 4.39 Å². The minimum Gasteiger partial charge on any atom is -0.366 e. The number of halogens is 2. The van der Waals surface area contributed by atoms with Crippen molar-refractivity contribution in [2.24, 2.45) is 5.92 Å². The molecule has 7 heteroatoms. The first-order chi connectivity index (χ1) is 9.40. The maximum atomic E-state index is 13.7. The van der Waals surface area contributed by atoms with Gasteiger partial charge in [-0.3, -0.25) is 14.9 Å². The van der Waals surface area contributed by atoms with Crippen LogP contribution in [0.5, 0.6) is 0 Å². The Morgan fingerprint density at radius 2 is 2.05 bits per heavy atom. The van der Waals surface area contributed by atoms with Crippen LogP contribution in [0.4, 0.5) is 15.8 Å². The summed E-state index contributed by atoms with van der Waals surface area (Å²) < 4.78 is 13.9. The number of carbonyl (C=O) groups is 1. The van der Waals surface area contributed by atoms with Crippen LogP contribution in [0.15, 0.2) is 12.1 Å². The van der Waals surface area contributed by atoms with E-state index in [1.165, 1.54) is 12.1 Å². The second kappa shape index (κ2) is 6.02. The molecule has 1 heterocycles. The molecule has 1 aromatic carbocycles. The van der Waals surface area contributed by atoms with Crippen molar-refractivity contribution in [1.29, 1.82) is 0 Å². The van der Waals surface area contributed by atoms with Crippen molar-refractivity contribution in [1.82, 2.24) is 0 Å². The number of anilines is 1. The number of ketones is 1. The molecule has 0 unspecified atom stereocenters. The Morgan fingerprint density at radius 3 is 2.55 bits per heavy atom. The van der Waals surface area contributed by atoms with Gasteiger partial charge in [0.15, 0.2) is 0 Å². The summed E-state index contributed by atoms with van der Waals surface area (Å²) in [5.74, 6) is -0.299. The third kappa shape index (κ3) is 3.08. The Kier molecular flexibility index (Phi) is 4.56. The molecule has 1 aliphatic heterocycles. The molecule has 1 aromatic rings. The summed E-state index contributed by atoms with van der Waals surface area (Å²) in [6, 6.07) is 2.47. The highest BCUT2D eigenvalue weighted by atomic mass is 127. The van der Waals surface area contributed by atoms with Gasteiger partial charge in [0.1, 0.15) is 17.3 Å². The molecule has 0 bridgehead atoms. The number of benzene rings is 1. The quantitative estimate of drug-likeness (QED) is 0.451. The summed E-state index contributed by atoms with van der Waals surface area (Å²) >= 11 is 1.74. The molecule has 5 nitrogen and oxygen atoms in total. The van der Waals surface area contributed by atoms with Crippen molar-refractivity contribution in [2.45, 2.75) is 19.8 Å². The zero-order chi connectivity index (χ0) is 14.9. The van der Waals surface area contributed by atoms with E-state index in [0.717, 1.165) is 0 Å². The minimum absolute atomic E-state index is 0.0130. The van der Waals surface area contributed by atoms with E-state index >= 15 is 0 Å². The van der Waals surface area contributed by atoms with Crippen LogP contribution >= 0.6 is 22.6 Å². The Bertz CT molecular complexity index is 557. The minimum atomic E-state index is -0.492. The van der Waals surface area contributed by atoms with E-state index in [1.807, 2.05) is 0 Å². The zero-order valence-electron chi connectivity index (χ0n) is 10.9. The van der Waals surface area contributed by atoms with Crippen molar-refractivity contribution in [2.75, 3.05) is 18.0 Å². The average molecular weight is 392 g/mol. The third-order valence-electron chi connectivity index (χ3n) is 3.62. The molecule has 0 amide bonds. The summed E-state index contributed by atoms with van der Waals surface area (Å²) in [5.41, 5.74) is 0.215. The number of carbonyl (C=O) groups excluding carboxylic acids is 1. The van der Waals surface area contributed by atoms with Crippen molar-refractivity contribution in [3.63, 3.8) is 0 Å². The molecule has 0 atom stereocenters. The smallest absolute Gasteiger partial charge is 0.293 e. The highest BCUT2D eigenvalue weighted by Gasteiger charge is 2.27. The maximum Gasteiger partial charge on any atom is 0.293 e. The summed E-state index contributed by atoms with van der Waals surface area (Å²) in [6.07, 6.45) is 1.31. The van der Waals surface area contributed by atoms with Gasteiger partial charge < -0.3 is 4.90 Å². The van der Waals surface area contributed by atoms with E-state index in [0.29, 0.717) is 31.6 Å². The highest BCUT2D eigenvalue weighted by Crippen LogP contribution is 2.34. The van der Waals surface area contributed by atoms with Crippen molar-refractivity contribution >= 4 is 39.7 Å². The Balaban J connectivity index is 2.27. The van der Waals surface area contributed by atoms with E-state index in [-0.39, 0.29) is 21.0 Å². The van der Waals surface area contributed by atoms with E-state index in [2.05, 4.69) is 0 Å². The first-order valence-corrected chi connectivity index (χ1v) is 7.37. The first kappa shape index (κ1) is 15.1. The number of Topliss-reactive ketones (excluding diaryl/α,β-unsaturated/α-hetero) is 1. The summed E-state index contributed by atoms with van der Waals surface area (Å²) in [4.78, 5) is 23.7. The van der Waals surface area contributed by atoms with Gasteiger partial charge in [0.2, 0.25) is 0 Å². The fraction of sp³-hybridized carbons (Fsp3) is 0.462. The van der Waals surface area contributed by atoms with Gasteiger partial charge in [-0.05, 0) is 42.4 Å². The van der Waals surface area contributed by atoms with Gasteiger partial charge in [0.25, 0.3) is 5.69 Å². The van der Waals surface area contributed by atoms with Gasteiger partial charge in [-0.1, -0.05) is 0 Å². The first-order valence-electron chi connectivity index (χ1n) is 6.29. The summed E-state index contributed by atoms with van der Waals surface area (Å²) in [5, 5.41) is 11.1. The maximum absolute atomic E-state index is 13.7. The lowest BCUT2D eigenvalue weighted by atomic mass is 9.93. The molecular formula is C13H14FIN2O3. The molecule has 20 heavy (non-hydrogen) atoms. The summed E-state index contributed by atoms with van der Waals surface area (Å²) in [7, 11) is 0. The molecular weight excluding hydrogens is 378 g/mol. The Labute approximate surface area is 129 Å². The number of piperidine rings is 1. The topological polar surface area (TPSA) is 63.5 Å². The van der Waals surface area contributed by atoms with Crippen molar-refractivity contribution in [3.8, 4) is 0 Å². The molecule has 1 saturated heterocycles. The van der Waals surface area contributed by atoms with E-state index in [9.17, 15) is 19.3 Å². The molecule has 0 aliphatic carbocycles. The number of nitro benzene ring substituents is 1. The molecule has 0 saturated carbocycles. The molecule has 2 rings (SSSR count). The Hall–Kier alpha value is -1.25. The van der Waals surface area contributed by atoms with Crippen LogP contribution in [0, 0.1) is 25.4 Å². The number of nitro groups is 1. The molecule has 1 fully saturated rings. The predicted octanol–water partition coefficient (Wildman–Crippen LogP) is 3.14. The van der Waals surface area contributed by atoms with Crippen LogP contribution in [0.3, 0.4) is 0 Å². The lowest BCUT2D eigenvalue weighted by Gasteiger charge is -2.32. The van der Waals surface area contributed by atoms with Crippen LogP contribution in [0.2, 0.25) is 0 Å². The number of hydrogen-bond donors (Lipinski definition) is 0. The normalized spacial score (nSPS) is 16.2. The lowest BCUT2D eigenvalue weighted by Crippen LogP contribution is -2.36. The summed E-state index contributed by atoms with van der Waals surface area (Å²) in [6.45, 7) is 2.63. The lowest BCUT2D eigenvalue weighted by molar-refractivity contribution is -0.384. The average Bonchev–Trinajstić information content (AvgIpc) is 2.41. The van der Waals surface area contributed by atoms with E-state index < -0.39 is 10.7 Å². The van der Waals surface area contributed by atoms with Gasteiger partial charge in [-0.2, -0.15) is 0 Å². The molecule has 108 valence electrons. The van der Waals surface area contributed by atoms with Gasteiger partial charge >= 0.3 is 0 Å². The SMILES string of the molecule is CC(=O)C1CCN(c2cc(F)c(I)cc2[N+](=O)[O-])CC1. The number of rotatable bonds is 3. The zero-order valence-corrected chi connectivity index (χ0v) is 13.1. The molecule has 0 radical (unpaired) electrons. The van der Waals surface area contributed by atoms with Crippen LogP contribution in [0.1, 0.15) is 19.8 Å². The van der Waals surface area contributed by atoms with Gasteiger partial charge in [0.05, 0.1) is 8.49 Å². The second-order valence-corrected chi connectivity index (χ2v) is 6.05. The van der Waals surface area contributed by atoms with Gasteiger partial charge in [0, 0.05) is 31.1 Å². The third-order valence-corrected chi connectivity index (χ3v) is 4.45. The van der Waals surface area contributed by atoms with Crippen molar-refractivity contribution < 1.29 is 14.1 Å². The standard InChI is InChI=1S/C13H14FIN2O3/c1-8(18)9-2-4-16(5-3-9)12-6-10(14)11(15)7-13(12)17(19)20/h6-7,9H,2-5H2,1H3. The fourth-order valence-corrected chi connectivity index (χ4v) is 2.90. The van der Waals surface area contributed by atoms with Crippen molar-refractivity contribution in [3.05, 3.63) is 31.6 Å². The predicted molar refractivity (Wildman–Crippen MR) is 81.4 cm³/mol. The van der Waals surface area contributed by atoms with Gasteiger partial charge in [-0.15, -0.1) is 0 Å².